The number of aromatic hydroxyl groups is 1. The zero-order chi connectivity index (χ0) is 24.8. The number of phenolic OH excluding ortho intramolecular Hbond substituents is 1. The number of phenols is 1. The zero-order valence-electron chi connectivity index (χ0n) is 19.4. The minimum atomic E-state index is -0.239. The Hall–Kier alpha value is -4.18. The first kappa shape index (κ1) is 24.0. The van der Waals surface area contributed by atoms with Crippen LogP contribution in [0.3, 0.4) is 0 Å². The van der Waals surface area contributed by atoms with E-state index in [0.717, 1.165) is 11.3 Å². The summed E-state index contributed by atoms with van der Waals surface area (Å²) in [6.07, 6.45) is 0. The number of hydrogen-bond acceptors (Lipinski definition) is 8. The van der Waals surface area contributed by atoms with Gasteiger partial charge in [0.05, 0.1) is 32.8 Å². The van der Waals surface area contributed by atoms with Crippen LogP contribution in [0, 0.1) is 0 Å². The summed E-state index contributed by atoms with van der Waals surface area (Å²) >= 11 is 1.25. The topological polar surface area (TPSA) is 108 Å². The summed E-state index contributed by atoms with van der Waals surface area (Å²) in [5, 5.41) is 21.7. The normalized spacial score (nSPS) is 10.6. The van der Waals surface area contributed by atoms with Crippen molar-refractivity contribution in [2.45, 2.75) is 5.16 Å². The van der Waals surface area contributed by atoms with Crippen LogP contribution in [0.5, 0.6) is 23.0 Å². The first-order valence-corrected chi connectivity index (χ1v) is 11.5. The molecule has 0 aliphatic heterocycles. The van der Waals surface area contributed by atoms with E-state index in [-0.39, 0.29) is 17.4 Å². The molecule has 1 amide bonds. The molecule has 0 aliphatic carbocycles. The highest BCUT2D eigenvalue weighted by Gasteiger charge is 2.18. The number of anilines is 1. The number of nitrogens with one attached hydrogen (secondary N) is 1. The number of nitrogens with zero attached hydrogens (tertiary/aromatic N) is 3. The maximum Gasteiger partial charge on any atom is 0.234 e. The lowest BCUT2D eigenvalue weighted by molar-refractivity contribution is -0.113. The van der Waals surface area contributed by atoms with E-state index in [4.69, 9.17) is 14.2 Å². The fourth-order valence-corrected chi connectivity index (χ4v) is 4.10. The summed E-state index contributed by atoms with van der Waals surface area (Å²) in [5.41, 5.74) is 2.08. The number of hydrogen-bond donors (Lipinski definition) is 2. The summed E-state index contributed by atoms with van der Waals surface area (Å²) in [7, 11) is 4.70. The van der Waals surface area contributed by atoms with Crippen molar-refractivity contribution in [3.05, 3.63) is 66.7 Å². The largest absolute Gasteiger partial charge is 0.508 e. The lowest BCUT2D eigenvalue weighted by atomic mass is 10.2. The Morgan fingerprint density at radius 1 is 0.914 bits per heavy atom. The molecule has 0 spiro atoms. The highest BCUT2D eigenvalue weighted by atomic mass is 32.2. The van der Waals surface area contributed by atoms with E-state index in [1.165, 1.54) is 18.9 Å². The Balaban J connectivity index is 1.60. The lowest BCUT2D eigenvalue weighted by Crippen LogP contribution is -2.15. The van der Waals surface area contributed by atoms with Crippen LogP contribution in [-0.4, -0.2) is 52.9 Å². The SMILES string of the molecule is COc1ccc(-n2c(SCC(=O)Nc3cc(OC)ccc3OC)nnc2-c2ccc(O)cc2)cc1. The Bertz CT molecular complexity index is 1310. The fourth-order valence-electron chi connectivity index (χ4n) is 3.35. The Labute approximate surface area is 206 Å². The molecule has 10 heteroatoms. The van der Waals surface area contributed by atoms with Crippen molar-refractivity contribution in [1.29, 1.82) is 0 Å². The molecule has 0 bridgehead atoms. The third-order valence-electron chi connectivity index (χ3n) is 5.10. The minimum absolute atomic E-state index is 0.0875. The number of ether oxygens (including phenoxy) is 3. The minimum Gasteiger partial charge on any atom is -0.508 e. The predicted octanol–water partition coefficient (Wildman–Crippen LogP) is 4.40. The monoisotopic (exact) mass is 492 g/mol. The summed E-state index contributed by atoms with van der Waals surface area (Å²) in [6.45, 7) is 0. The second-order valence-corrected chi connectivity index (χ2v) is 8.23. The molecule has 1 aromatic heterocycles. The maximum atomic E-state index is 12.8. The van der Waals surface area contributed by atoms with Gasteiger partial charge >= 0.3 is 0 Å². The van der Waals surface area contributed by atoms with Gasteiger partial charge in [-0.05, 0) is 60.7 Å². The lowest BCUT2D eigenvalue weighted by Gasteiger charge is -2.13. The van der Waals surface area contributed by atoms with Gasteiger partial charge in [-0.15, -0.1) is 10.2 Å². The molecule has 180 valence electrons. The van der Waals surface area contributed by atoms with Crippen molar-refractivity contribution in [1.82, 2.24) is 14.8 Å². The van der Waals surface area contributed by atoms with Gasteiger partial charge in [0.15, 0.2) is 11.0 Å². The van der Waals surface area contributed by atoms with Crippen LogP contribution in [0.25, 0.3) is 17.1 Å². The molecule has 4 rings (SSSR count). The number of benzene rings is 3. The van der Waals surface area contributed by atoms with Crippen molar-refractivity contribution < 1.29 is 24.1 Å². The molecule has 35 heavy (non-hydrogen) atoms. The number of carbonyl (C=O) groups excluding carboxylic acids is 1. The van der Waals surface area contributed by atoms with Crippen molar-refractivity contribution >= 4 is 23.4 Å². The van der Waals surface area contributed by atoms with Crippen LogP contribution >= 0.6 is 11.8 Å². The van der Waals surface area contributed by atoms with Crippen LogP contribution in [0.15, 0.2) is 71.9 Å². The highest BCUT2D eigenvalue weighted by Crippen LogP contribution is 2.31. The molecule has 0 unspecified atom stereocenters. The molecule has 1 heterocycles. The van der Waals surface area contributed by atoms with Gasteiger partial charge in [0.2, 0.25) is 5.91 Å². The van der Waals surface area contributed by atoms with Gasteiger partial charge in [0, 0.05) is 17.3 Å². The molecular weight excluding hydrogens is 468 g/mol. The fraction of sp³-hybridized carbons (Fsp3) is 0.160. The van der Waals surface area contributed by atoms with E-state index in [0.29, 0.717) is 33.9 Å². The number of amides is 1. The van der Waals surface area contributed by atoms with Gasteiger partial charge in [0.1, 0.15) is 23.0 Å². The quantitative estimate of drug-likeness (QED) is 0.331. The van der Waals surface area contributed by atoms with Crippen molar-refractivity contribution in [2.24, 2.45) is 0 Å². The van der Waals surface area contributed by atoms with Gasteiger partial charge in [-0.2, -0.15) is 0 Å². The third kappa shape index (κ3) is 5.49. The Kier molecular flexibility index (Phi) is 7.41. The summed E-state index contributed by atoms with van der Waals surface area (Å²) in [5.74, 6) is 2.43. The van der Waals surface area contributed by atoms with Crippen LogP contribution < -0.4 is 19.5 Å². The maximum absolute atomic E-state index is 12.8. The van der Waals surface area contributed by atoms with Gasteiger partial charge in [-0.1, -0.05) is 11.8 Å². The smallest absolute Gasteiger partial charge is 0.234 e. The van der Waals surface area contributed by atoms with E-state index >= 15 is 0 Å². The standard InChI is InChI=1S/C25H24N4O5S/c1-32-19-10-6-17(7-11-19)29-24(16-4-8-18(30)9-5-16)27-28-25(29)35-15-23(31)26-21-14-20(33-2)12-13-22(21)34-3/h4-14,30H,15H2,1-3H3,(H,26,31). The van der Waals surface area contributed by atoms with E-state index in [2.05, 4.69) is 15.5 Å². The number of thioether (sulfide) groups is 1. The molecule has 9 nitrogen and oxygen atoms in total. The molecule has 0 atom stereocenters. The van der Waals surface area contributed by atoms with Crippen molar-refractivity contribution in [2.75, 3.05) is 32.4 Å². The number of rotatable bonds is 9. The van der Waals surface area contributed by atoms with Crippen LogP contribution in [0.2, 0.25) is 0 Å². The molecule has 0 saturated carbocycles. The van der Waals surface area contributed by atoms with Gasteiger partial charge in [-0.25, -0.2) is 0 Å². The average molecular weight is 493 g/mol. The molecule has 4 aromatic rings. The van der Waals surface area contributed by atoms with E-state index in [1.54, 1.807) is 56.7 Å². The van der Waals surface area contributed by atoms with Crippen LogP contribution in [0.4, 0.5) is 5.69 Å². The summed E-state index contributed by atoms with van der Waals surface area (Å²) in [6, 6.07) is 19.3. The molecule has 0 aliphatic rings. The average Bonchev–Trinajstić information content (AvgIpc) is 3.31. The first-order valence-electron chi connectivity index (χ1n) is 10.6. The van der Waals surface area contributed by atoms with Crippen LogP contribution in [-0.2, 0) is 4.79 Å². The van der Waals surface area contributed by atoms with Gasteiger partial charge < -0.3 is 24.6 Å². The summed E-state index contributed by atoms with van der Waals surface area (Å²) < 4.78 is 17.7. The Morgan fingerprint density at radius 3 is 2.26 bits per heavy atom. The summed E-state index contributed by atoms with van der Waals surface area (Å²) in [4.78, 5) is 12.8. The first-order chi connectivity index (χ1) is 17.0. The predicted molar refractivity (Wildman–Crippen MR) is 134 cm³/mol. The van der Waals surface area contributed by atoms with E-state index in [9.17, 15) is 9.90 Å². The van der Waals surface area contributed by atoms with Gasteiger partial charge in [-0.3, -0.25) is 9.36 Å². The molecule has 3 aromatic carbocycles. The van der Waals surface area contributed by atoms with Crippen molar-refractivity contribution in [3.63, 3.8) is 0 Å². The molecular formula is C25H24N4O5S. The van der Waals surface area contributed by atoms with Crippen LogP contribution in [0.1, 0.15) is 0 Å². The molecule has 0 saturated heterocycles. The second kappa shape index (κ2) is 10.8. The number of aromatic nitrogens is 3. The van der Waals surface area contributed by atoms with E-state index < -0.39 is 0 Å². The van der Waals surface area contributed by atoms with Crippen molar-refractivity contribution in [3.8, 4) is 40.1 Å². The number of carbonyl (C=O) groups is 1. The highest BCUT2D eigenvalue weighted by molar-refractivity contribution is 7.99. The Morgan fingerprint density at radius 2 is 1.60 bits per heavy atom. The molecule has 2 N–H and O–H groups in total. The molecule has 0 fully saturated rings. The second-order valence-electron chi connectivity index (χ2n) is 7.29. The molecule has 0 radical (unpaired) electrons. The van der Waals surface area contributed by atoms with Gasteiger partial charge in [0.25, 0.3) is 0 Å². The zero-order valence-corrected chi connectivity index (χ0v) is 20.2. The third-order valence-corrected chi connectivity index (χ3v) is 6.03. The van der Waals surface area contributed by atoms with E-state index in [1.807, 2.05) is 28.8 Å². The number of methoxy groups -OCH3 is 3.